The first-order valence-corrected chi connectivity index (χ1v) is 9.67. The van der Waals surface area contributed by atoms with Gasteiger partial charge in [-0.15, -0.1) is 11.3 Å². The molecule has 0 aliphatic heterocycles. The number of thiophene rings is 1. The third-order valence-corrected chi connectivity index (χ3v) is 5.45. The Morgan fingerprint density at radius 1 is 1.29 bits per heavy atom. The van der Waals surface area contributed by atoms with Crippen LogP contribution in [0.1, 0.15) is 21.7 Å². The molecular weight excluding hydrogens is 375 g/mol. The summed E-state index contributed by atoms with van der Waals surface area (Å²) in [7, 11) is 1.88. The van der Waals surface area contributed by atoms with Gasteiger partial charge in [0.15, 0.2) is 0 Å². The van der Waals surface area contributed by atoms with Gasteiger partial charge in [0, 0.05) is 22.8 Å². The highest BCUT2D eigenvalue weighted by atomic mass is 32.1. The molecule has 2 heterocycles. The van der Waals surface area contributed by atoms with Crippen molar-refractivity contribution in [3.8, 4) is 11.8 Å². The van der Waals surface area contributed by atoms with E-state index in [9.17, 15) is 14.4 Å². The number of hydrogen-bond donors (Lipinski definition) is 1. The largest absolute Gasteiger partial charge is 0.310 e. The van der Waals surface area contributed by atoms with Crippen molar-refractivity contribution < 1.29 is 9.18 Å². The first-order chi connectivity index (χ1) is 13.4. The number of anilines is 1. The van der Waals surface area contributed by atoms with E-state index in [0.29, 0.717) is 23.6 Å². The first kappa shape index (κ1) is 19.8. The molecule has 0 unspecified atom stereocenters. The van der Waals surface area contributed by atoms with Gasteiger partial charge in [-0.1, -0.05) is 6.07 Å². The number of carbonyl (C=O) groups excluding carboxylic acids is 1. The van der Waals surface area contributed by atoms with Crippen LogP contribution in [0.15, 0.2) is 41.8 Å². The molecule has 7 heteroatoms. The van der Waals surface area contributed by atoms with Gasteiger partial charge in [-0.2, -0.15) is 5.26 Å². The normalized spacial score (nSPS) is 10.9. The number of halogens is 1. The van der Waals surface area contributed by atoms with Gasteiger partial charge in [0.05, 0.1) is 12.1 Å². The van der Waals surface area contributed by atoms with Crippen LogP contribution in [0.5, 0.6) is 0 Å². The highest BCUT2D eigenvalue weighted by Gasteiger charge is 2.21. The number of amides is 1. The second-order valence-electron chi connectivity index (χ2n) is 6.66. The van der Waals surface area contributed by atoms with Gasteiger partial charge in [-0.05, 0) is 62.2 Å². The van der Waals surface area contributed by atoms with E-state index in [1.54, 1.807) is 28.0 Å². The molecule has 0 saturated carbocycles. The van der Waals surface area contributed by atoms with Crippen molar-refractivity contribution in [2.24, 2.45) is 0 Å². The third kappa shape index (κ3) is 4.14. The predicted molar refractivity (Wildman–Crippen MR) is 109 cm³/mol. The number of nitrogens with zero attached hydrogens (tertiary/aromatic N) is 3. The molecule has 0 radical (unpaired) electrons. The molecule has 3 aromatic rings. The van der Waals surface area contributed by atoms with Crippen LogP contribution < -0.4 is 5.32 Å². The lowest BCUT2D eigenvalue weighted by Gasteiger charge is -2.17. The summed E-state index contributed by atoms with van der Waals surface area (Å²) in [6, 6.07) is 12.2. The van der Waals surface area contributed by atoms with Crippen molar-refractivity contribution in [1.29, 1.82) is 5.26 Å². The van der Waals surface area contributed by atoms with Crippen LogP contribution >= 0.6 is 11.3 Å². The zero-order valence-corrected chi connectivity index (χ0v) is 16.8. The molecule has 0 atom stereocenters. The smallest absolute Gasteiger partial charge is 0.239 e. The minimum atomic E-state index is -0.341. The molecule has 0 saturated heterocycles. The molecule has 5 nitrogen and oxygen atoms in total. The standard InChI is InChI=1S/C21H21FN4OS/c1-14-15(2)26(17-8-6-16(22)7-9-17)21(19(14)11-23)24-20(27)13-25(3)12-18-5-4-10-28-18/h4-10H,12-13H2,1-3H3,(H,24,27). The highest BCUT2D eigenvalue weighted by molar-refractivity contribution is 7.09. The predicted octanol–water partition coefficient (Wildman–Crippen LogP) is 4.24. The van der Waals surface area contributed by atoms with E-state index >= 15 is 0 Å². The number of nitrogens with one attached hydrogen (secondary N) is 1. The fourth-order valence-corrected chi connectivity index (χ4v) is 3.90. The summed E-state index contributed by atoms with van der Waals surface area (Å²) in [5.41, 5.74) is 2.71. The molecule has 0 aliphatic rings. The molecule has 0 aliphatic carbocycles. The molecule has 28 heavy (non-hydrogen) atoms. The summed E-state index contributed by atoms with van der Waals surface area (Å²) in [6.45, 7) is 4.58. The fraction of sp³-hybridized carbons (Fsp3) is 0.238. The summed E-state index contributed by atoms with van der Waals surface area (Å²) < 4.78 is 15.1. The molecule has 1 N–H and O–H groups in total. The maximum atomic E-state index is 13.3. The Morgan fingerprint density at radius 3 is 2.61 bits per heavy atom. The molecule has 144 valence electrons. The topological polar surface area (TPSA) is 61.1 Å². The SMILES string of the molecule is Cc1c(C#N)c(NC(=O)CN(C)Cc2cccs2)n(-c2ccc(F)cc2)c1C. The summed E-state index contributed by atoms with van der Waals surface area (Å²) in [5, 5.41) is 14.5. The van der Waals surface area contributed by atoms with Gasteiger partial charge in [-0.25, -0.2) is 4.39 Å². The van der Waals surface area contributed by atoms with Crippen LogP contribution in [0, 0.1) is 31.0 Å². The van der Waals surface area contributed by atoms with E-state index in [0.717, 1.165) is 11.3 Å². The Balaban J connectivity index is 1.86. The van der Waals surface area contributed by atoms with E-state index in [1.165, 1.54) is 17.0 Å². The highest BCUT2D eigenvalue weighted by Crippen LogP contribution is 2.30. The number of rotatable bonds is 6. The number of likely N-dealkylation sites (N-methyl/N-ethyl adjacent to an activating group) is 1. The van der Waals surface area contributed by atoms with Crippen molar-refractivity contribution in [1.82, 2.24) is 9.47 Å². The molecular formula is C21H21FN4OS. The minimum Gasteiger partial charge on any atom is -0.310 e. The Kier molecular flexibility index (Phi) is 5.93. The van der Waals surface area contributed by atoms with Gasteiger partial charge in [0.2, 0.25) is 5.91 Å². The molecule has 1 amide bonds. The Hall–Kier alpha value is -2.95. The molecule has 0 spiro atoms. The van der Waals surface area contributed by atoms with Gasteiger partial charge in [-0.3, -0.25) is 14.3 Å². The van der Waals surface area contributed by atoms with Crippen LogP contribution in [0.25, 0.3) is 5.69 Å². The zero-order valence-electron chi connectivity index (χ0n) is 16.0. The van der Waals surface area contributed by atoms with Gasteiger partial charge in [0.1, 0.15) is 17.7 Å². The van der Waals surface area contributed by atoms with Crippen LogP contribution in [-0.4, -0.2) is 29.0 Å². The van der Waals surface area contributed by atoms with Crippen molar-refractivity contribution >= 4 is 23.1 Å². The molecule has 0 fully saturated rings. The third-order valence-electron chi connectivity index (χ3n) is 4.59. The van der Waals surface area contributed by atoms with Crippen molar-refractivity contribution in [3.63, 3.8) is 0 Å². The summed E-state index contributed by atoms with van der Waals surface area (Å²) in [5.74, 6) is -0.137. The summed E-state index contributed by atoms with van der Waals surface area (Å²) in [4.78, 5) is 15.7. The second kappa shape index (κ2) is 8.38. The fourth-order valence-electron chi connectivity index (χ4n) is 3.12. The lowest BCUT2D eigenvalue weighted by molar-refractivity contribution is -0.117. The van der Waals surface area contributed by atoms with Crippen molar-refractivity contribution in [2.45, 2.75) is 20.4 Å². The lowest BCUT2D eigenvalue weighted by atomic mass is 10.2. The summed E-state index contributed by atoms with van der Waals surface area (Å²) in [6.07, 6.45) is 0. The van der Waals surface area contributed by atoms with Crippen LogP contribution in [-0.2, 0) is 11.3 Å². The average Bonchev–Trinajstić information content (AvgIpc) is 3.23. The van der Waals surface area contributed by atoms with E-state index in [2.05, 4.69) is 11.4 Å². The average molecular weight is 396 g/mol. The second-order valence-corrected chi connectivity index (χ2v) is 7.69. The van der Waals surface area contributed by atoms with Gasteiger partial charge < -0.3 is 5.32 Å². The van der Waals surface area contributed by atoms with Crippen molar-refractivity contribution in [3.05, 3.63) is 69.3 Å². The summed E-state index contributed by atoms with van der Waals surface area (Å²) >= 11 is 1.64. The van der Waals surface area contributed by atoms with Crippen molar-refractivity contribution in [2.75, 3.05) is 18.9 Å². The van der Waals surface area contributed by atoms with E-state index in [-0.39, 0.29) is 18.3 Å². The molecule has 1 aromatic carbocycles. The zero-order chi connectivity index (χ0) is 20.3. The quantitative estimate of drug-likeness (QED) is 0.678. The molecule has 3 rings (SSSR count). The number of hydrogen-bond acceptors (Lipinski definition) is 4. The Morgan fingerprint density at radius 2 is 2.00 bits per heavy atom. The Labute approximate surface area is 167 Å². The monoisotopic (exact) mass is 396 g/mol. The van der Waals surface area contributed by atoms with Gasteiger partial charge in [0.25, 0.3) is 0 Å². The molecule has 2 aromatic heterocycles. The number of aromatic nitrogens is 1. The van der Waals surface area contributed by atoms with E-state index in [1.807, 2.05) is 43.3 Å². The minimum absolute atomic E-state index is 0.190. The maximum absolute atomic E-state index is 13.3. The number of carbonyl (C=O) groups is 1. The maximum Gasteiger partial charge on any atom is 0.239 e. The lowest BCUT2D eigenvalue weighted by Crippen LogP contribution is -2.30. The van der Waals surface area contributed by atoms with Gasteiger partial charge >= 0.3 is 0 Å². The van der Waals surface area contributed by atoms with E-state index < -0.39 is 0 Å². The number of benzene rings is 1. The van der Waals surface area contributed by atoms with Crippen LogP contribution in [0.3, 0.4) is 0 Å². The van der Waals surface area contributed by atoms with E-state index in [4.69, 9.17) is 0 Å². The first-order valence-electron chi connectivity index (χ1n) is 8.79. The van der Waals surface area contributed by atoms with Crippen LogP contribution in [0.2, 0.25) is 0 Å². The molecule has 0 bridgehead atoms. The Bertz CT molecular complexity index is 1020. The number of nitriles is 1. The van der Waals surface area contributed by atoms with Crippen LogP contribution in [0.4, 0.5) is 10.2 Å².